The number of hydrogen-bond acceptors (Lipinski definition) is 3. The number of nitrogens with two attached hydrogens (primary N) is 1. The second kappa shape index (κ2) is 5.63. The number of amides is 3. The summed E-state index contributed by atoms with van der Waals surface area (Å²) in [7, 11) is 0. The highest BCUT2D eigenvalue weighted by molar-refractivity contribution is 5.73. The van der Waals surface area contributed by atoms with Gasteiger partial charge in [0.25, 0.3) is 0 Å². The van der Waals surface area contributed by atoms with Gasteiger partial charge in [-0.25, -0.2) is 9.59 Å². The molecule has 6 nitrogen and oxygen atoms in total. The first-order valence-electron chi connectivity index (χ1n) is 6.86. The molecule has 114 valence electrons. The standard InChI is InChI=1S/C15H21N3O3/c1-15(2,3)21-14(20)17-7-10-4-5-11-8-18(13(16)19)9-12(11)6-10/h4-6H,7-9H2,1-3H3,(H2,16,19)(H,17,20). The molecule has 1 aliphatic rings. The van der Waals surface area contributed by atoms with Gasteiger partial charge in [-0.3, -0.25) is 0 Å². The molecule has 0 aliphatic carbocycles. The topological polar surface area (TPSA) is 84.7 Å². The highest BCUT2D eigenvalue weighted by Crippen LogP contribution is 2.23. The minimum absolute atomic E-state index is 0.388. The van der Waals surface area contributed by atoms with Crippen molar-refractivity contribution in [2.24, 2.45) is 5.73 Å². The minimum atomic E-state index is -0.510. The van der Waals surface area contributed by atoms with Gasteiger partial charge >= 0.3 is 12.1 Å². The van der Waals surface area contributed by atoms with E-state index >= 15 is 0 Å². The van der Waals surface area contributed by atoms with Crippen LogP contribution in [0.4, 0.5) is 9.59 Å². The van der Waals surface area contributed by atoms with E-state index in [1.807, 2.05) is 39.0 Å². The van der Waals surface area contributed by atoms with Crippen LogP contribution in [0.5, 0.6) is 0 Å². The first-order valence-corrected chi connectivity index (χ1v) is 6.86. The largest absolute Gasteiger partial charge is 0.444 e. The molecule has 1 heterocycles. The zero-order valence-electron chi connectivity index (χ0n) is 12.6. The lowest BCUT2D eigenvalue weighted by Crippen LogP contribution is -2.32. The van der Waals surface area contributed by atoms with Gasteiger partial charge in [-0.1, -0.05) is 18.2 Å². The summed E-state index contributed by atoms with van der Waals surface area (Å²) >= 11 is 0. The van der Waals surface area contributed by atoms with Gasteiger partial charge in [0.1, 0.15) is 5.60 Å². The van der Waals surface area contributed by atoms with Gasteiger partial charge in [0, 0.05) is 19.6 Å². The van der Waals surface area contributed by atoms with E-state index in [1.165, 1.54) is 0 Å². The van der Waals surface area contributed by atoms with Crippen LogP contribution in [0.3, 0.4) is 0 Å². The summed E-state index contributed by atoms with van der Waals surface area (Å²) in [5.74, 6) is 0. The fraction of sp³-hybridized carbons (Fsp3) is 0.467. The number of nitrogens with zero attached hydrogens (tertiary/aromatic N) is 1. The van der Waals surface area contributed by atoms with Crippen LogP contribution in [0.25, 0.3) is 0 Å². The molecule has 1 aliphatic heterocycles. The smallest absolute Gasteiger partial charge is 0.407 e. The molecular weight excluding hydrogens is 270 g/mol. The summed E-state index contributed by atoms with van der Waals surface area (Å²) in [5.41, 5.74) is 7.90. The Hall–Kier alpha value is -2.24. The van der Waals surface area contributed by atoms with Crippen molar-refractivity contribution >= 4 is 12.1 Å². The number of alkyl carbamates (subject to hydrolysis) is 1. The van der Waals surface area contributed by atoms with Crippen molar-refractivity contribution in [2.45, 2.75) is 46.0 Å². The average molecular weight is 291 g/mol. The summed E-state index contributed by atoms with van der Waals surface area (Å²) in [6.07, 6.45) is -0.443. The molecule has 0 bridgehead atoms. The minimum Gasteiger partial charge on any atom is -0.444 e. The Kier molecular flexibility index (Phi) is 4.06. The quantitative estimate of drug-likeness (QED) is 0.875. The number of fused-ring (bicyclic) bond motifs is 1. The molecule has 0 unspecified atom stereocenters. The lowest BCUT2D eigenvalue weighted by Gasteiger charge is -2.19. The Morgan fingerprint density at radius 1 is 1.29 bits per heavy atom. The molecular formula is C15H21N3O3. The van der Waals surface area contributed by atoms with Crippen LogP contribution in [0.2, 0.25) is 0 Å². The number of benzene rings is 1. The van der Waals surface area contributed by atoms with Gasteiger partial charge in [0.05, 0.1) is 0 Å². The Labute approximate surface area is 124 Å². The van der Waals surface area contributed by atoms with Crippen LogP contribution in [-0.4, -0.2) is 22.6 Å². The first kappa shape index (κ1) is 15.2. The predicted molar refractivity (Wildman–Crippen MR) is 78.3 cm³/mol. The van der Waals surface area contributed by atoms with E-state index in [2.05, 4.69) is 5.32 Å². The van der Waals surface area contributed by atoms with E-state index in [4.69, 9.17) is 10.5 Å². The SMILES string of the molecule is CC(C)(C)OC(=O)NCc1ccc2c(c1)CN(C(N)=O)C2. The van der Waals surface area contributed by atoms with Gasteiger partial charge < -0.3 is 20.7 Å². The average Bonchev–Trinajstić information content (AvgIpc) is 2.77. The summed E-state index contributed by atoms with van der Waals surface area (Å²) in [6.45, 7) is 6.91. The number of hydrogen-bond donors (Lipinski definition) is 2. The number of nitrogens with one attached hydrogen (secondary N) is 1. The number of rotatable bonds is 2. The molecule has 0 fully saturated rings. The Morgan fingerprint density at radius 3 is 2.57 bits per heavy atom. The lowest BCUT2D eigenvalue weighted by atomic mass is 10.1. The maximum absolute atomic E-state index is 11.6. The van der Waals surface area contributed by atoms with E-state index in [1.54, 1.807) is 4.90 Å². The van der Waals surface area contributed by atoms with Crippen LogP contribution >= 0.6 is 0 Å². The van der Waals surface area contributed by atoms with Crippen LogP contribution in [0.15, 0.2) is 18.2 Å². The molecule has 3 amide bonds. The summed E-state index contributed by atoms with van der Waals surface area (Å²) in [5, 5.41) is 2.71. The molecule has 0 radical (unpaired) electrons. The third kappa shape index (κ3) is 4.11. The molecule has 2 rings (SSSR count). The molecule has 6 heteroatoms. The molecule has 1 aromatic rings. The maximum Gasteiger partial charge on any atom is 0.407 e. The van der Waals surface area contributed by atoms with E-state index in [0.29, 0.717) is 19.6 Å². The van der Waals surface area contributed by atoms with Crippen LogP contribution in [0.1, 0.15) is 37.5 Å². The molecule has 21 heavy (non-hydrogen) atoms. The number of ether oxygens (including phenoxy) is 1. The third-order valence-electron chi connectivity index (χ3n) is 3.14. The second-order valence-electron chi connectivity index (χ2n) is 6.15. The lowest BCUT2D eigenvalue weighted by molar-refractivity contribution is 0.0523. The van der Waals surface area contributed by atoms with Crippen molar-refractivity contribution in [3.8, 4) is 0 Å². The summed E-state index contributed by atoms with van der Waals surface area (Å²) in [4.78, 5) is 24.4. The van der Waals surface area contributed by atoms with Crippen LogP contribution in [-0.2, 0) is 24.4 Å². The number of urea groups is 1. The monoisotopic (exact) mass is 291 g/mol. The zero-order valence-corrected chi connectivity index (χ0v) is 12.6. The summed E-state index contributed by atoms with van der Waals surface area (Å²) in [6, 6.07) is 5.46. The van der Waals surface area contributed by atoms with Crippen molar-refractivity contribution in [1.82, 2.24) is 10.2 Å². The molecule has 1 aromatic carbocycles. The second-order valence-corrected chi connectivity index (χ2v) is 6.15. The highest BCUT2D eigenvalue weighted by atomic mass is 16.6. The van der Waals surface area contributed by atoms with Crippen LogP contribution < -0.4 is 11.1 Å². The van der Waals surface area contributed by atoms with E-state index in [9.17, 15) is 9.59 Å². The fourth-order valence-electron chi connectivity index (χ4n) is 2.20. The van der Waals surface area contributed by atoms with Crippen molar-refractivity contribution in [1.29, 1.82) is 0 Å². The van der Waals surface area contributed by atoms with Gasteiger partial charge in [-0.2, -0.15) is 0 Å². The van der Waals surface area contributed by atoms with Gasteiger partial charge in [0.15, 0.2) is 0 Å². The maximum atomic E-state index is 11.6. The zero-order chi connectivity index (χ0) is 15.6. The van der Waals surface area contributed by atoms with E-state index in [0.717, 1.165) is 16.7 Å². The Balaban J connectivity index is 1.94. The summed E-state index contributed by atoms with van der Waals surface area (Å²) < 4.78 is 5.18. The van der Waals surface area contributed by atoms with Gasteiger partial charge in [-0.15, -0.1) is 0 Å². The molecule has 0 aromatic heterocycles. The Morgan fingerprint density at radius 2 is 1.95 bits per heavy atom. The first-order chi connectivity index (χ1) is 9.74. The van der Waals surface area contributed by atoms with Crippen molar-refractivity contribution in [3.63, 3.8) is 0 Å². The normalized spacial score (nSPS) is 13.8. The van der Waals surface area contributed by atoms with Crippen LogP contribution in [0, 0.1) is 0 Å². The number of primary amides is 1. The van der Waals surface area contributed by atoms with Crippen molar-refractivity contribution < 1.29 is 14.3 Å². The molecule has 0 saturated carbocycles. The van der Waals surface area contributed by atoms with E-state index in [-0.39, 0.29) is 0 Å². The third-order valence-corrected chi connectivity index (χ3v) is 3.14. The van der Waals surface area contributed by atoms with Gasteiger partial charge in [-0.05, 0) is 37.5 Å². The number of carbonyl (C=O) groups excluding carboxylic acids is 2. The Bertz CT molecular complexity index is 564. The van der Waals surface area contributed by atoms with E-state index < -0.39 is 17.7 Å². The fourth-order valence-corrected chi connectivity index (χ4v) is 2.20. The van der Waals surface area contributed by atoms with Gasteiger partial charge in [0.2, 0.25) is 0 Å². The number of carbonyl (C=O) groups is 2. The predicted octanol–water partition coefficient (Wildman–Crippen LogP) is 2.11. The van der Waals surface area contributed by atoms with Crippen molar-refractivity contribution in [2.75, 3.05) is 0 Å². The molecule has 3 N–H and O–H groups in total. The molecule has 0 spiro atoms. The highest BCUT2D eigenvalue weighted by Gasteiger charge is 2.21. The molecule has 0 atom stereocenters. The molecule has 0 saturated heterocycles. The van der Waals surface area contributed by atoms with Crippen molar-refractivity contribution in [3.05, 3.63) is 34.9 Å².